The molecule has 4 atom stereocenters. The Hall–Kier alpha value is -2.25. The molecular formula is C14H17N5O4. The van der Waals surface area contributed by atoms with Gasteiger partial charge in [-0.05, 0) is 0 Å². The van der Waals surface area contributed by atoms with Crippen LogP contribution in [0.15, 0.2) is 12.7 Å². The second-order valence-electron chi connectivity index (χ2n) is 5.06. The number of nitrogens with two attached hydrogens (primary N) is 1. The third-order valence-corrected chi connectivity index (χ3v) is 3.71. The number of aromatic nitrogens is 4. The molecule has 0 saturated carbocycles. The second-order valence-corrected chi connectivity index (χ2v) is 5.06. The molecule has 0 bridgehead atoms. The third-order valence-electron chi connectivity index (χ3n) is 3.71. The summed E-state index contributed by atoms with van der Waals surface area (Å²) in [4.78, 5) is 12.3. The minimum absolute atomic E-state index is 0.145. The summed E-state index contributed by atoms with van der Waals surface area (Å²) in [5.41, 5.74) is 6.75. The van der Waals surface area contributed by atoms with E-state index < -0.39 is 24.5 Å². The van der Waals surface area contributed by atoms with Crippen LogP contribution in [0.4, 0.5) is 5.82 Å². The molecule has 3 heterocycles. The van der Waals surface area contributed by atoms with Gasteiger partial charge in [-0.1, -0.05) is 5.92 Å². The van der Waals surface area contributed by atoms with E-state index in [-0.39, 0.29) is 19.0 Å². The van der Waals surface area contributed by atoms with Gasteiger partial charge in [0.15, 0.2) is 17.7 Å². The molecule has 1 aliphatic rings. The Labute approximate surface area is 132 Å². The van der Waals surface area contributed by atoms with Gasteiger partial charge in [0, 0.05) is 7.11 Å². The summed E-state index contributed by atoms with van der Waals surface area (Å²) in [7, 11) is 1.50. The van der Waals surface area contributed by atoms with E-state index in [2.05, 4.69) is 20.9 Å². The lowest BCUT2D eigenvalue weighted by molar-refractivity contribution is -0.0656. The predicted octanol–water partition coefficient (Wildman–Crippen LogP) is -0.668. The Bertz CT molecular complexity index is 728. The number of aliphatic hydroxyl groups is 1. The summed E-state index contributed by atoms with van der Waals surface area (Å²) in [6, 6.07) is 0. The topological polar surface area (TPSA) is 118 Å². The Balaban J connectivity index is 1.88. The number of nitrogens with zero attached hydrogens (tertiary/aromatic N) is 4. The minimum Gasteiger partial charge on any atom is -0.387 e. The summed E-state index contributed by atoms with van der Waals surface area (Å²) in [5, 5.41) is 10.4. The van der Waals surface area contributed by atoms with E-state index in [4.69, 9.17) is 26.4 Å². The van der Waals surface area contributed by atoms with Crippen molar-refractivity contribution in [3.8, 4) is 12.3 Å². The fourth-order valence-electron chi connectivity index (χ4n) is 2.63. The SMILES string of the molecule is C#CCOC[C@H]1O[C@@H](n2cnc3c(N)ncnc32)[C@H](OC)[C@@H]1O. The van der Waals surface area contributed by atoms with Crippen LogP contribution in [0, 0.1) is 12.3 Å². The van der Waals surface area contributed by atoms with Gasteiger partial charge in [-0.15, -0.1) is 6.42 Å². The number of ether oxygens (including phenoxy) is 3. The van der Waals surface area contributed by atoms with Crippen molar-refractivity contribution < 1.29 is 19.3 Å². The van der Waals surface area contributed by atoms with E-state index in [9.17, 15) is 5.11 Å². The summed E-state index contributed by atoms with van der Waals surface area (Å²) in [6.07, 6.45) is 5.34. The van der Waals surface area contributed by atoms with Crippen molar-refractivity contribution in [2.45, 2.75) is 24.5 Å². The van der Waals surface area contributed by atoms with Gasteiger partial charge in [0.05, 0.1) is 12.9 Å². The zero-order chi connectivity index (χ0) is 16.4. The normalized spacial score (nSPS) is 27.3. The van der Waals surface area contributed by atoms with Crippen molar-refractivity contribution in [3.05, 3.63) is 12.7 Å². The fraction of sp³-hybridized carbons (Fsp3) is 0.500. The summed E-state index contributed by atoms with van der Waals surface area (Å²) in [6.45, 7) is 0.304. The molecule has 2 aromatic heterocycles. The molecule has 9 nitrogen and oxygen atoms in total. The number of fused-ring (bicyclic) bond motifs is 1. The lowest BCUT2D eigenvalue weighted by Gasteiger charge is -2.19. The smallest absolute Gasteiger partial charge is 0.167 e. The second kappa shape index (κ2) is 6.47. The lowest BCUT2D eigenvalue weighted by Crippen LogP contribution is -2.35. The predicted molar refractivity (Wildman–Crippen MR) is 80.1 cm³/mol. The average Bonchev–Trinajstić information content (AvgIpc) is 3.10. The number of anilines is 1. The highest BCUT2D eigenvalue weighted by molar-refractivity contribution is 5.81. The van der Waals surface area contributed by atoms with Crippen LogP contribution in [-0.4, -0.2) is 63.3 Å². The van der Waals surface area contributed by atoms with E-state index >= 15 is 0 Å². The molecule has 0 unspecified atom stereocenters. The molecular weight excluding hydrogens is 302 g/mol. The number of imidazole rings is 1. The molecule has 9 heteroatoms. The van der Waals surface area contributed by atoms with Gasteiger partial charge in [-0.25, -0.2) is 15.0 Å². The number of rotatable bonds is 5. The van der Waals surface area contributed by atoms with Gasteiger partial charge in [0.1, 0.15) is 36.8 Å². The van der Waals surface area contributed by atoms with Gasteiger partial charge in [-0.2, -0.15) is 0 Å². The highest BCUT2D eigenvalue weighted by Gasteiger charge is 2.45. The summed E-state index contributed by atoms with van der Waals surface area (Å²) < 4.78 is 18.2. The van der Waals surface area contributed by atoms with Gasteiger partial charge in [0.25, 0.3) is 0 Å². The van der Waals surface area contributed by atoms with Gasteiger partial charge < -0.3 is 25.1 Å². The largest absolute Gasteiger partial charge is 0.387 e. The zero-order valence-electron chi connectivity index (χ0n) is 12.5. The van der Waals surface area contributed by atoms with Crippen LogP contribution in [0.5, 0.6) is 0 Å². The Kier molecular flexibility index (Phi) is 4.40. The summed E-state index contributed by atoms with van der Waals surface area (Å²) >= 11 is 0. The maximum Gasteiger partial charge on any atom is 0.167 e. The quantitative estimate of drug-likeness (QED) is 0.550. The molecule has 1 saturated heterocycles. The highest BCUT2D eigenvalue weighted by atomic mass is 16.6. The van der Waals surface area contributed by atoms with Gasteiger partial charge in [-0.3, -0.25) is 4.57 Å². The molecule has 0 aromatic carbocycles. The van der Waals surface area contributed by atoms with E-state index in [1.165, 1.54) is 19.8 Å². The molecule has 1 fully saturated rings. The number of methoxy groups -OCH3 is 1. The standard InChI is InChI=1S/C14H17N5O4/c1-3-4-22-5-8-10(20)11(21-2)14(23-8)19-7-18-9-12(15)16-6-17-13(9)19/h1,6-8,10-11,14,20H,4-5H2,2H3,(H2,15,16,17)/t8-,10-,11-,14-/m1/s1. The third kappa shape index (κ3) is 2.73. The van der Waals surface area contributed by atoms with Crippen LogP contribution >= 0.6 is 0 Å². The first-order valence-electron chi connectivity index (χ1n) is 6.98. The van der Waals surface area contributed by atoms with Crippen LogP contribution in [0.2, 0.25) is 0 Å². The fourth-order valence-corrected chi connectivity index (χ4v) is 2.63. The number of hydrogen-bond donors (Lipinski definition) is 2. The molecule has 3 rings (SSSR count). The number of hydrogen-bond acceptors (Lipinski definition) is 8. The molecule has 0 radical (unpaired) electrons. The monoisotopic (exact) mass is 319 g/mol. The highest BCUT2D eigenvalue weighted by Crippen LogP contribution is 2.33. The molecule has 0 spiro atoms. The number of aliphatic hydroxyl groups excluding tert-OH is 1. The number of nitrogen functional groups attached to an aromatic ring is 1. The molecule has 23 heavy (non-hydrogen) atoms. The van der Waals surface area contributed by atoms with Crippen LogP contribution in [0.1, 0.15) is 6.23 Å². The van der Waals surface area contributed by atoms with Crippen LogP contribution in [0.25, 0.3) is 11.2 Å². The van der Waals surface area contributed by atoms with E-state index in [0.717, 1.165) is 0 Å². The van der Waals surface area contributed by atoms with Crippen LogP contribution < -0.4 is 5.73 Å². The Morgan fingerprint density at radius 1 is 1.48 bits per heavy atom. The minimum atomic E-state index is -0.876. The van der Waals surface area contributed by atoms with Gasteiger partial charge >= 0.3 is 0 Å². The average molecular weight is 319 g/mol. The van der Waals surface area contributed by atoms with Gasteiger partial charge in [0.2, 0.25) is 0 Å². The van der Waals surface area contributed by atoms with Crippen LogP contribution in [0.3, 0.4) is 0 Å². The first-order valence-corrected chi connectivity index (χ1v) is 6.98. The summed E-state index contributed by atoms with van der Waals surface area (Å²) in [5.74, 6) is 2.64. The number of terminal acetylenes is 1. The van der Waals surface area contributed by atoms with E-state index in [0.29, 0.717) is 11.2 Å². The lowest BCUT2D eigenvalue weighted by atomic mass is 10.1. The Morgan fingerprint density at radius 2 is 2.30 bits per heavy atom. The molecule has 3 N–H and O–H groups in total. The van der Waals surface area contributed by atoms with Crippen molar-refractivity contribution >= 4 is 17.0 Å². The first-order chi connectivity index (χ1) is 11.2. The molecule has 0 aliphatic carbocycles. The van der Waals surface area contributed by atoms with E-state index in [1.54, 1.807) is 4.57 Å². The molecule has 122 valence electrons. The van der Waals surface area contributed by atoms with Crippen molar-refractivity contribution in [2.75, 3.05) is 26.1 Å². The van der Waals surface area contributed by atoms with Crippen molar-refractivity contribution in [1.29, 1.82) is 0 Å². The zero-order valence-corrected chi connectivity index (χ0v) is 12.5. The molecule has 0 amide bonds. The van der Waals surface area contributed by atoms with Crippen molar-refractivity contribution in [1.82, 2.24) is 19.5 Å². The molecule has 1 aliphatic heterocycles. The van der Waals surface area contributed by atoms with Crippen molar-refractivity contribution in [3.63, 3.8) is 0 Å². The van der Waals surface area contributed by atoms with Crippen molar-refractivity contribution in [2.24, 2.45) is 0 Å². The van der Waals surface area contributed by atoms with Crippen LogP contribution in [-0.2, 0) is 14.2 Å². The molecule has 2 aromatic rings. The maximum absolute atomic E-state index is 10.4. The first kappa shape index (κ1) is 15.6. The maximum atomic E-state index is 10.4. The Morgan fingerprint density at radius 3 is 3.04 bits per heavy atom. The van der Waals surface area contributed by atoms with E-state index in [1.807, 2.05) is 0 Å².